The molecule has 1 saturated carbocycles. The Hall–Kier alpha value is -1.88. The molecule has 0 radical (unpaired) electrons. The van der Waals surface area contributed by atoms with Gasteiger partial charge < -0.3 is 10.6 Å². The minimum absolute atomic E-state index is 0.0834. The van der Waals surface area contributed by atoms with Gasteiger partial charge in [-0.1, -0.05) is 18.9 Å². The van der Waals surface area contributed by atoms with Gasteiger partial charge >= 0.3 is 0 Å². The van der Waals surface area contributed by atoms with Crippen LogP contribution in [0.3, 0.4) is 0 Å². The van der Waals surface area contributed by atoms with Gasteiger partial charge in [-0.15, -0.1) is 0 Å². The number of anilines is 2. The molecule has 2 aromatic rings. The highest BCUT2D eigenvalue weighted by Crippen LogP contribution is 2.26. The van der Waals surface area contributed by atoms with E-state index in [4.69, 9.17) is 0 Å². The summed E-state index contributed by atoms with van der Waals surface area (Å²) in [5, 5.41) is 6.35. The Kier molecular flexibility index (Phi) is 4.96. The van der Waals surface area contributed by atoms with E-state index in [0.29, 0.717) is 11.7 Å². The van der Waals surface area contributed by atoms with Crippen LogP contribution >= 0.6 is 15.9 Å². The number of amides is 1. The van der Waals surface area contributed by atoms with Crippen molar-refractivity contribution in [3.63, 3.8) is 0 Å². The predicted octanol–water partition coefficient (Wildman–Crippen LogP) is 4.57. The van der Waals surface area contributed by atoms with E-state index in [0.717, 1.165) is 28.7 Å². The average molecular weight is 374 g/mol. The molecule has 0 unspecified atom stereocenters. The lowest BCUT2D eigenvalue weighted by Gasteiger charge is -2.12. The van der Waals surface area contributed by atoms with Crippen LogP contribution in [0.1, 0.15) is 41.7 Å². The van der Waals surface area contributed by atoms with Crippen LogP contribution in [0, 0.1) is 6.92 Å². The van der Waals surface area contributed by atoms with Gasteiger partial charge in [-0.2, -0.15) is 0 Å². The minimum Gasteiger partial charge on any atom is -0.353 e. The van der Waals surface area contributed by atoms with Gasteiger partial charge in [-0.25, -0.2) is 4.98 Å². The number of carbonyl (C=O) groups excluding carboxylic acids is 1. The highest BCUT2D eigenvalue weighted by Gasteiger charge is 2.18. The molecule has 1 aromatic carbocycles. The van der Waals surface area contributed by atoms with Gasteiger partial charge in [-0.05, 0) is 65.5 Å². The third-order valence-electron chi connectivity index (χ3n) is 4.09. The number of carbonyl (C=O) groups is 1. The molecule has 5 heteroatoms. The van der Waals surface area contributed by atoms with Gasteiger partial charge in [0, 0.05) is 10.5 Å². The summed E-state index contributed by atoms with van der Waals surface area (Å²) in [6.07, 6.45) is 6.24. The largest absolute Gasteiger partial charge is 0.353 e. The van der Waals surface area contributed by atoms with E-state index in [9.17, 15) is 4.79 Å². The maximum absolute atomic E-state index is 12.2. The lowest BCUT2D eigenvalue weighted by atomic mass is 10.2. The molecule has 0 atom stereocenters. The van der Waals surface area contributed by atoms with E-state index in [-0.39, 0.29) is 5.91 Å². The van der Waals surface area contributed by atoms with Gasteiger partial charge in [0.25, 0.3) is 5.91 Å². The lowest BCUT2D eigenvalue weighted by molar-refractivity contribution is 0.0933. The highest BCUT2D eigenvalue weighted by atomic mass is 79.9. The topological polar surface area (TPSA) is 54.0 Å². The van der Waals surface area contributed by atoms with Crippen LogP contribution in [-0.2, 0) is 0 Å². The molecule has 120 valence electrons. The van der Waals surface area contributed by atoms with Crippen LogP contribution in [-0.4, -0.2) is 16.9 Å². The Morgan fingerprint density at radius 1 is 1.22 bits per heavy atom. The molecule has 0 saturated heterocycles. The summed E-state index contributed by atoms with van der Waals surface area (Å²) in [5.41, 5.74) is 3.48. The summed E-state index contributed by atoms with van der Waals surface area (Å²) in [7, 11) is 0. The fourth-order valence-electron chi connectivity index (χ4n) is 2.81. The van der Waals surface area contributed by atoms with Gasteiger partial charge in [0.05, 0.1) is 17.6 Å². The molecule has 1 amide bonds. The first kappa shape index (κ1) is 16.0. The standard InChI is InChI=1S/C18H20BrN3O/c1-12-6-8-16(15(19)10-12)21-14-7-9-17(20-11-14)18(23)22-13-4-2-3-5-13/h6-11,13,21H,2-5H2,1H3,(H,22,23). The summed E-state index contributed by atoms with van der Waals surface area (Å²) < 4.78 is 1.00. The number of hydrogen-bond donors (Lipinski definition) is 2. The number of aromatic nitrogens is 1. The molecule has 3 rings (SSSR count). The third-order valence-corrected chi connectivity index (χ3v) is 4.75. The summed E-state index contributed by atoms with van der Waals surface area (Å²) in [5.74, 6) is -0.0834. The molecule has 0 spiro atoms. The number of nitrogens with one attached hydrogen (secondary N) is 2. The first-order valence-corrected chi connectivity index (χ1v) is 8.71. The second kappa shape index (κ2) is 7.13. The quantitative estimate of drug-likeness (QED) is 0.825. The van der Waals surface area contributed by atoms with E-state index in [1.54, 1.807) is 12.3 Å². The van der Waals surface area contributed by atoms with E-state index in [1.165, 1.54) is 18.4 Å². The number of aryl methyl sites for hydroxylation is 1. The maximum Gasteiger partial charge on any atom is 0.270 e. The summed E-state index contributed by atoms with van der Waals surface area (Å²) >= 11 is 3.54. The van der Waals surface area contributed by atoms with Crippen molar-refractivity contribution >= 4 is 33.2 Å². The zero-order valence-electron chi connectivity index (χ0n) is 13.1. The molecular formula is C18H20BrN3O. The van der Waals surface area contributed by atoms with Crippen LogP contribution in [0.5, 0.6) is 0 Å². The predicted molar refractivity (Wildman–Crippen MR) is 96.1 cm³/mol. The Morgan fingerprint density at radius 3 is 2.65 bits per heavy atom. The molecule has 4 nitrogen and oxygen atoms in total. The van der Waals surface area contributed by atoms with Crippen LogP contribution in [0.4, 0.5) is 11.4 Å². The second-order valence-corrected chi connectivity index (χ2v) is 6.85. The number of nitrogens with zero attached hydrogens (tertiary/aromatic N) is 1. The Labute approximate surface area is 144 Å². The maximum atomic E-state index is 12.2. The smallest absolute Gasteiger partial charge is 0.270 e. The second-order valence-electron chi connectivity index (χ2n) is 6.00. The number of pyridine rings is 1. The van der Waals surface area contributed by atoms with Gasteiger partial charge in [0.2, 0.25) is 0 Å². The van der Waals surface area contributed by atoms with Crippen molar-refractivity contribution in [2.24, 2.45) is 0 Å². The Morgan fingerprint density at radius 2 is 2.00 bits per heavy atom. The summed E-state index contributed by atoms with van der Waals surface area (Å²) in [6, 6.07) is 10.1. The SMILES string of the molecule is Cc1ccc(Nc2ccc(C(=O)NC3CCCC3)nc2)c(Br)c1. The fraction of sp³-hybridized carbons (Fsp3) is 0.333. The van der Waals surface area contributed by atoms with Crippen molar-refractivity contribution in [2.75, 3.05) is 5.32 Å². The zero-order chi connectivity index (χ0) is 16.2. The summed E-state index contributed by atoms with van der Waals surface area (Å²) in [6.45, 7) is 2.05. The number of benzene rings is 1. The van der Waals surface area contributed by atoms with E-state index < -0.39 is 0 Å². The third kappa shape index (κ3) is 4.10. The van der Waals surface area contributed by atoms with Gasteiger partial charge in [0.1, 0.15) is 5.69 Å². The molecule has 1 fully saturated rings. The normalized spacial score (nSPS) is 14.7. The van der Waals surface area contributed by atoms with E-state index >= 15 is 0 Å². The van der Waals surface area contributed by atoms with Gasteiger partial charge in [0.15, 0.2) is 0 Å². The summed E-state index contributed by atoms with van der Waals surface area (Å²) in [4.78, 5) is 16.4. The molecule has 1 aliphatic carbocycles. The van der Waals surface area contributed by atoms with E-state index in [1.807, 2.05) is 25.1 Å². The Balaban J connectivity index is 1.65. The molecule has 1 aliphatic rings. The number of hydrogen-bond acceptors (Lipinski definition) is 3. The van der Waals surface area contributed by atoms with E-state index in [2.05, 4.69) is 37.6 Å². The van der Waals surface area contributed by atoms with Crippen molar-refractivity contribution in [3.05, 3.63) is 52.3 Å². The highest BCUT2D eigenvalue weighted by molar-refractivity contribution is 9.10. The molecule has 0 bridgehead atoms. The monoisotopic (exact) mass is 373 g/mol. The molecular weight excluding hydrogens is 354 g/mol. The fourth-order valence-corrected chi connectivity index (χ4v) is 3.40. The molecule has 0 aliphatic heterocycles. The zero-order valence-corrected chi connectivity index (χ0v) is 14.7. The molecule has 2 N–H and O–H groups in total. The van der Waals surface area contributed by atoms with Crippen molar-refractivity contribution in [1.82, 2.24) is 10.3 Å². The first-order chi connectivity index (χ1) is 11.1. The molecule has 1 heterocycles. The number of halogens is 1. The number of rotatable bonds is 4. The van der Waals surface area contributed by atoms with Crippen LogP contribution in [0.15, 0.2) is 41.0 Å². The first-order valence-electron chi connectivity index (χ1n) is 7.92. The van der Waals surface area contributed by atoms with Crippen molar-refractivity contribution in [2.45, 2.75) is 38.6 Å². The van der Waals surface area contributed by atoms with Crippen molar-refractivity contribution in [3.8, 4) is 0 Å². The van der Waals surface area contributed by atoms with Crippen LogP contribution < -0.4 is 10.6 Å². The van der Waals surface area contributed by atoms with Gasteiger partial charge in [-0.3, -0.25) is 4.79 Å². The molecule has 1 aromatic heterocycles. The van der Waals surface area contributed by atoms with Crippen molar-refractivity contribution < 1.29 is 4.79 Å². The Bertz CT molecular complexity index is 694. The molecule has 23 heavy (non-hydrogen) atoms. The van der Waals surface area contributed by atoms with Crippen LogP contribution in [0.25, 0.3) is 0 Å². The van der Waals surface area contributed by atoms with Crippen molar-refractivity contribution in [1.29, 1.82) is 0 Å². The van der Waals surface area contributed by atoms with Crippen LogP contribution in [0.2, 0.25) is 0 Å². The average Bonchev–Trinajstić information content (AvgIpc) is 3.04. The minimum atomic E-state index is -0.0834. The lowest BCUT2D eigenvalue weighted by Crippen LogP contribution is -2.33.